The van der Waals surface area contributed by atoms with Gasteiger partial charge in [0.15, 0.2) is 0 Å². The van der Waals surface area contributed by atoms with Gasteiger partial charge in [-0.05, 0) is 49.8 Å². The molecule has 0 amide bonds. The third-order valence-electron chi connectivity index (χ3n) is 5.27. The first-order valence-electron chi connectivity index (χ1n) is 11.9. The van der Waals surface area contributed by atoms with E-state index in [1.807, 2.05) is 24.3 Å². The molecule has 0 aliphatic heterocycles. The summed E-state index contributed by atoms with van der Waals surface area (Å²) in [5.74, 6) is -0.682. The molecule has 0 fully saturated rings. The second-order valence-electron chi connectivity index (χ2n) is 8.13. The molecule has 2 aromatic rings. The van der Waals surface area contributed by atoms with Crippen LogP contribution in [-0.2, 0) is 11.2 Å². The molecule has 0 bridgehead atoms. The fourth-order valence-electron chi connectivity index (χ4n) is 3.36. The Morgan fingerprint density at radius 2 is 1.55 bits per heavy atom. The van der Waals surface area contributed by atoms with Gasteiger partial charge in [0.05, 0.1) is 6.10 Å². The Morgan fingerprint density at radius 3 is 2.15 bits per heavy atom. The fraction of sp³-hybridized carbons (Fsp3) is 0.519. The largest absolute Gasteiger partial charge is 0.481 e. The zero-order chi connectivity index (χ0) is 23.6. The molecule has 2 rings (SSSR count). The van der Waals surface area contributed by atoms with E-state index in [0.717, 1.165) is 68.4 Å². The van der Waals surface area contributed by atoms with Crippen molar-refractivity contribution in [3.05, 3.63) is 60.2 Å². The van der Waals surface area contributed by atoms with Gasteiger partial charge >= 0.3 is 5.97 Å². The van der Waals surface area contributed by atoms with Crippen molar-refractivity contribution in [2.75, 3.05) is 5.73 Å². The number of unbranched alkanes of at least 4 members (excludes halogenated alkanes) is 3. The minimum absolute atomic E-state index is 0. The topological polar surface area (TPSA) is 115 Å². The van der Waals surface area contributed by atoms with Crippen LogP contribution in [0.25, 0.3) is 0 Å². The first-order valence-corrected chi connectivity index (χ1v) is 12.8. The number of hydrogen-bond donors (Lipinski definition) is 3. The number of rotatable bonds is 14. The zero-order valence-electron chi connectivity index (χ0n) is 20.2. The molecule has 6 N–H and O–H groups in total. The van der Waals surface area contributed by atoms with Crippen molar-refractivity contribution in [3.8, 4) is 0 Å². The lowest BCUT2D eigenvalue weighted by Crippen LogP contribution is -2.23. The number of nitrogen functional groups attached to an aromatic ring is 1. The molecule has 0 heterocycles. The average molecular weight is 478 g/mol. The first kappa shape index (κ1) is 31.0. The van der Waals surface area contributed by atoms with Gasteiger partial charge in [-0.3, -0.25) is 4.79 Å². The Bertz CT molecular complexity index is 742. The van der Waals surface area contributed by atoms with Crippen molar-refractivity contribution in [1.29, 1.82) is 0 Å². The summed E-state index contributed by atoms with van der Waals surface area (Å²) in [6, 6.07) is 18.4. The number of benzene rings is 2. The minimum atomic E-state index is -0.682. The molecule has 0 radical (unpaired) electrons. The molecule has 2 atom stereocenters. The van der Waals surface area contributed by atoms with E-state index >= 15 is 0 Å². The number of nitrogens with two attached hydrogens (primary N) is 1. The highest BCUT2D eigenvalue weighted by Crippen LogP contribution is 2.34. The molecule has 0 spiro atoms. The molecule has 5 nitrogen and oxygen atoms in total. The molecule has 0 aliphatic carbocycles. The van der Waals surface area contributed by atoms with Gasteiger partial charge < -0.3 is 21.4 Å². The maximum Gasteiger partial charge on any atom is 0.303 e. The first-order chi connectivity index (χ1) is 15.5. The number of carbonyl (C=O) groups is 1. The number of carboxylic acids is 1. The van der Waals surface area contributed by atoms with Gasteiger partial charge in [0.1, 0.15) is 0 Å². The van der Waals surface area contributed by atoms with Gasteiger partial charge in [-0.25, -0.2) is 0 Å². The predicted molar refractivity (Wildman–Crippen MR) is 141 cm³/mol. The van der Waals surface area contributed by atoms with Crippen molar-refractivity contribution in [3.63, 3.8) is 0 Å². The summed E-state index contributed by atoms with van der Waals surface area (Å²) in [6.45, 7) is 4.25. The lowest BCUT2D eigenvalue weighted by molar-refractivity contribution is -0.137. The molecular formula is C27H43NO4S. The van der Waals surface area contributed by atoms with Crippen molar-refractivity contribution in [2.24, 2.45) is 0 Å². The second kappa shape index (κ2) is 19.4. The predicted octanol–water partition coefficient (Wildman–Crippen LogP) is 6.13. The summed E-state index contributed by atoms with van der Waals surface area (Å²) < 4.78 is 0. The summed E-state index contributed by atoms with van der Waals surface area (Å²) in [7, 11) is 0. The van der Waals surface area contributed by atoms with Crippen molar-refractivity contribution in [1.82, 2.24) is 0 Å². The standard InChI is InChI=1S/C21H29NOS.C6H12O2.H2O/c1-2-3-15-21(24-20-16-8-7-13-18(20)22)19(23)14-9-12-17-10-5-4-6-11-17;1-2-3-4-5-6(7)8;/h4-8,10-11,13,16,19,21,23H,2-3,9,12,14-15,22H2,1H3;2-5H2,1H3,(H,7,8);1H2. The van der Waals surface area contributed by atoms with Crippen molar-refractivity contribution >= 4 is 23.4 Å². The van der Waals surface area contributed by atoms with Crippen LogP contribution in [0.3, 0.4) is 0 Å². The minimum Gasteiger partial charge on any atom is -0.481 e. The summed E-state index contributed by atoms with van der Waals surface area (Å²) in [4.78, 5) is 11.0. The lowest BCUT2D eigenvalue weighted by atomic mass is 10.0. The van der Waals surface area contributed by atoms with Gasteiger partial charge in [0, 0.05) is 22.3 Å². The van der Waals surface area contributed by atoms with Gasteiger partial charge in [-0.15, -0.1) is 11.8 Å². The smallest absolute Gasteiger partial charge is 0.303 e. The summed E-state index contributed by atoms with van der Waals surface area (Å²) in [5, 5.41) is 19.1. The van der Waals surface area contributed by atoms with Crippen LogP contribution in [0.2, 0.25) is 0 Å². The zero-order valence-corrected chi connectivity index (χ0v) is 21.0. The Balaban J connectivity index is 0.000000978. The van der Waals surface area contributed by atoms with E-state index in [-0.39, 0.29) is 16.8 Å². The van der Waals surface area contributed by atoms with Crippen LogP contribution in [0.15, 0.2) is 59.5 Å². The SMILES string of the molecule is CCCCC(Sc1ccccc1N)C(O)CCCc1ccccc1.CCCCCC(=O)O.O. The van der Waals surface area contributed by atoms with Crippen molar-refractivity contribution in [2.45, 2.75) is 94.3 Å². The van der Waals surface area contributed by atoms with E-state index in [1.165, 1.54) is 5.56 Å². The van der Waals surface area contributed by atoms with Gasteiger partial charge in [-0.1, -0.05) is 82.0 Å². The molecule has 2 unspecified atom stereocenters. The molecular weight excluding hydrogens is 434 g/mol. The van der Waals surface area contributed by atoms with Gasteiger partial charge in [-0.2, -0.15) is 0 Å². The molecule has 2 aromatic carbocycles. The van der Waals surface area contributed by atoms with Crippen LogP contribution in [0.4, 0.5) is 5.69 Å². The third-order valence-corrected chi connectivity index (χ3v) is 6.75. The fourth-order valence-corrected chi connectivity index (χ4v) is 4.62. The second-order valence-corrected chi connectivity index (χ2v) is 9.41. The van der Waals surface area contributed by atoms with Crippen LogP contribution < -0.4 is 5.73 Å². The number of thioether (sulfide) groups is 1. The summed E-state index contributed by atoms with van der Waals surface area (Å²) in [5.41, 5.74) is 8.22. The third kappa shape index (κ3) is 14.7. The van der Waals surface area contributed by atoms with E-state index in [1.54, 1.807) is 11.8 Å². The van der Waals surface area contributed by atoms with Crippen LogP contribution >= 0.6 is 11.8 Å². The highest BCUT2D eigenvalue weighted by molar-refractivity contribution is 8.00. The highest BCUT2D eigenvalue weighted by atomic mass is 32.2. The number of aryl methyl sites for hydroxylation is 1. The van der Waals surface area contributed by atoms with E-state index in [4.69, 9.17) is 10.8 Å². The van der Waals surface area contributed by atoms with Crippen LogP contribution in [0.1, 0.15) is 77.2 Å². The van der Waals surface area contributed by atoms with Crippen LogP contribution in [0, 0.1) is 0 Å². The Hall–Kier alpha value is -2.02. The molecule has 186 valence electrons. The van der Waals surface area contributed by atoms with Crippen molar-refractivity contribution < 1.29 is 20.5 Å². The summed E-state index contributed by atoms with van der Waals surface area (Å²) >= 11 is 1.73. The Morgan fingerprint density at radius 1 is 0.909 bits per heavy atom. The van der Waals surface area contributed by atoms with E-state index in [0.29, 0.717) is 6.42 Å². The lowest BCUT2D eigenvalue weighted by Gasteiger charge is -2.23. The van der Waals surface area contributed by atoms with Gasteiger partial charge in [0.2, 0.25) is 0 Å². The Kier molecular flexibility index (Phi) is 18.3. The molecule has 6 heteroatoms. The monoisotopic (exact) mass is 477 g/mol. The highest BCUT2D eigenvalue weighted by Gasteiger charge is 2.20. The molecule has 0 saturated carbocycles. The molecule has 33 heavy (non-hydrogen) atoms. The summed E-state index contributed by atoms with van der Waals surface area (Å²) in [6.07, 6.45) is 9.18. The van der Waals surface area contributed by atoms with Gasteiger partial charge in [0.25, 0.3) is 0 Å². The average Bonchev–Trinajstić information content (AvgIpc) is 2.79. The molecule has 0 saturated heterocycles. The number of para-hydroxylation sites is 1. The van der Waals surface area contributed by atoms with E-state index < -0.39 is 5.97 Å². The number of aliphatic hydroxyl groups excluding tert-OH is 1. The van der Waals surface area contributed by atoms with Crippen LogP contribution in [0.5, 0.6) is 0 Å². The molecule has 0 aromatic heterocycles. The number of aliphatic carboxylic acids is 1. The Labute approximate surface area is 204 Å². The number of carboxylic acid groups (broad SMARTS) is 1. The molecule has 0 aliphatic rings. The van der Waals surface area contributed by atoms with Crippen LogP contribution in [-0.4, -0.2) is 33.0 Å². The maximum atomic E-state index is 10.7. The number of hydrogen-bond acceptors (Lipinski definition) is 4. The van der Waals surface area contributed by atoms with E-state index in [2.05, 4.69) is 44.2 Å². The maximum absolute atomic E-state index is 10.7. The number of anilines is 1. The van der Waals surface area contributed by atoms with E-state index in [9.17, 15) is 9.90 Å². The normalized spacial score (nSPS) is 12.1. The quantitative estimate of drug-likeness (QED) is 0.172. The number of aliphatic hydroxyl groups is 1.